The summed E-state index contributed by atoms with van der Waals surface area (Å²) in [6.07, 6.45) is 4.90. The molecule has 1 aromatic carbocycles. The van der Waals surface area contributed by atoms with Gasteiger partial charge in [-0.3, -0.25) is 9.78 Å². The van der Waals surface area contributed by atoms with Crippen LogP contribution >= 0.6 is 0 Å². The van der Waals surface area contributed by atoms with Crippen LogP contribution in [-0.4, -0.2) is 41.5 Å². The van der Waals surface area contributed by atoms with E-state index in [2.05, 4.69) is 15.3 Å². The van der Waals surface area contributed by atoms with Crippen molar-refractivity contribution in [3.63, 3.8) is 0 Å². The van der Waals surface area contributed by atoms with E-state index in [1.807, 2.05) is 24.3 Å². The molecule has 6 heteroatoms. The maximum Gasteiger partial charge on any atom is 0.259 e. The van der Waals surface area contributed by atoms with Gasteiger partial charge in [0.25, 0.3) is 5.91 Å². The summed E-state index contributed by atoms with van der Waals surface area (Å²) < 4.78 is 5.58. The maximum atomic E-state index is 11.6. The number of aromatic nitrogens is 2. The van der Waals surface area contributed by atoms with E-state index in [9.17, 15) is 4.79 Å². The summed E-state index contributed by atoms with van der Waals surface area (Å²) in [6, 6.07) is 7.59. The van der Waals surface area contributed by atoms with Gasteiger partial charge in [0, 0.05) is 38.6 Å². The number of carbonyl (C=O) groups is 1. The van der Waals surface area contributed by atoms with Crippen LogP contribution in [0.5, 0.6) is 5.75 Å². The molecule has 6 nitrogen and oxygen atoms in total. The van der Waals surface area contributed by atoms with Gasteiger partial charge >= 0.3 is 0 Å². The van der Waals surface area contributed by atoms with Gasteiger partial charge in [0.15, 0.2) is 6.61 Å². The summed E-state index contributed by atoms with van der Waals surface area (Å²) in [4.78, 5) is 21.2. The minimum absolute atomic E-state index is 0.0230. The zero-order valence-electron chi connectivity index (χ0n) is 12.1. The number of amides is 1. The van der Waals surface area contributed by atoms with Crippen LogP contribution in [-0.2, 0) is 11.3 Å². The predicted molar refractivity (Wildman–Crippen MR) is 80.0 cm³/mol. The quantitative estimate of drug-likeness (QED) is 0.872. The fourth-order valence-electron chi connectivity index (χ4n) is 1.64. The number of rotatable bonds is 6. The third-order valence-electron chi connectivity index (χ3n) is 2.85. The van der Waals surface area contributed by atoms with Gasteiger partial charge in [-0.1, -0.05) is 18.2 Å². The minimum atomic E-state index is -0.0771. The van der Waals surface area contributed by atoms with Crippen molar-refractivity contribution in [2.75, 3.05) is 26.0 Å². The second-order valence-electron chi connectivity index (χ2n) is 4.63. The van der Waals surface area contributed by atoms with E-state index in [1.54, 1.807) is 32.7 Å². The first-order valence-electron chi connectivity index (χ1n) is 6.57. The van der Waals surface area contributed by atoms with Crippen molar-refractivity contribution in [1.29, 1.82) is 0 Å². The molecule has 0 aliphatic rings. The van der Waals surface area contributed by atoms with Gasteiger partial charge in [-0.25, -0.2) is 4.98 Å². The zero-order valence-corrected chi connectivity index (χ0v) is 12.1. The molecule has 1 N–H and O–H groups in total. The van der Waals surface area contributed by atoms with E-state index in [1.165, 1.54) is 4.90 Å². The van der Waals surface area contributed by atoms with Crippen molar-refractivity contribution in [1.82, 2.24) is 14.9 Å². The molecule has 0 atom stereocenters. The molecule has 0 aliphatic carbocycles. The van der Waals surface area contributed by atoms with Crippen molar-refractivity contribution in [3.05, 3.63) is 48.4 Å². The SMILES string of the molecule is CN(C)C(=O)COc1ccccc1CNc1cnccn1. The van der Waals surface area contributed by atoms with E-state index in [4.69, 9.17) is 4.74 Å². The van der Waals surface area contributed by atoms with E-state index in [0.717, 1.165) is 5.56 Å². The highest BCUT2D eigenvalue weighted by atomic mass is 16.5. The van der Waals surface area contributed by atoms with E-state index in [0.29, 0.717) is 18.1 Å². The lowest BCUT2D eigenvalue weighted by Crippen LogP contribution is -2.27. The van der Waals surface area contributed by atoms with Gasteiger partial charge in [0.1, 0.15) is 11.6 Å². The number of carbonyl (C=O) groups excluding carboxylic acids is 1. The molecule has 0 fully saturated rings. The molecule has 0 bridgehead atoms. The van der Waals surface area contributed by atoms with Crippen molar-refractivity contribution in [2.45, 2.75) is 6.54 Å². The molecule has 2 aromatic rings. The van der Waals surface area contributed by atoms with Crippen LogP contribution < -0.4 is 10.1 Å². The minimum Gasteiger partial charge on any atom is -0.483 e. The van der Waals surface area contributed by atoms with Crippen LogP contribution in [0.25, 0.3) is 0 Å². The van der Waals surface area contributed by atoms with Gasteiger partial charge in [0.2, 0.25) is 0 Å². The van der Waals surface area contributed by atoms with Crippen molar-refractivity contribution < 1.29 is 9.53 Å². The van der Waals surface area contributed by atoms with Gasteiger partial charge in [0.05, 0.1) is 6.20 Å². The lowest BCUT2D eigenvalue weighted by Gasteiger charge is -2.14. The highest BCUT2D eigenvalue weighted by molar-refractivity contribution is 5.77. The predicted octanol–water partition coefficient (Wildman–Crippen LogP) is 1.56. The number of nitrogens with zero attached hydrogens (tertiary/aromatic N) is 3. The first-order valence-corrected chi connectivity index (χ1v) is 6.57. The fourth-order valence-corrected chi connectivity index (χ4v) is 1.64. The molecule has 0 radical (unpaired) electrons. The Kier molecular flexibility index (Phi) is 5.09. The van der Waals surface area contributed by atoms with Crippen LogP contribution in [0.3, 0.4) is 0 Å². The number of likely N-dealkylation sites (N-methyl/N-ethyl adjacent to an activating group) is 1. The summed E-state index contributed by atoms with van der Waals surface area (Å²) >= 11 is 0. The smallest absolute Gasteiger partial charge is 0.259 e. The Balaban J connectivity index is 1.98. The second kappa shape index (κ2) is 7.23. The fraction of sp³-hybridized carbons (Fsp3) is 0.267. The molecular weight excluding hydrogens is 268 g/mol. The Morgan fingerprint density at radius 2 is 2.10 bits per heavy atom. The van der Waals surface area contributed by atoms with Crippen molar-refractivity contribution in [2.24, 2.45) is 0 Å². The topological polar surface area (TPSA) is 67.3 Å². The lowest BCUT2D eigenvalue weighted by atomic mass is 10.2. The molecule has 1 heterocycles. The van der Waals surface area contributed by atoms with Crippen LogP contribution in [0.1, 0.15) is 5.56 Å². The number of ether oxygens (including phenoxy) is 1. The molecule has 2 rings (SSSR count). The largest absolute Gasteiger partial charge is 0.483 e. The third kappa shape index (κ3) is 4.45. The average molecular weight is 286 g/mol. The molecule has 0 unspecified atom stereocenters. The second-order valence-corrected chi connectivity index (χ2v) is 4.63. The molecule has 0 saturated carbocycles. The number of hydrogen-bond acceptors (Lipinski definition) is 5. The standard InChI is InChI=1S/C15H18N4O2/c1-19(2)15(20)11-21-13-6-4-3-5-12(13)9-18-14-10-16-7-8-17-14/h3-8,10H,9,11H2,1-2H3,(H,17,18). The van der Waals surface area contributed by atoms with Gasteiger partial charge in [-0.15, -0.1) is 0 Å². The normalized spacial score (nSPS) is 10.0. The van der Waals surface area contributed by atoms with Crippen LogP contribution in [0.4, 0.5) is 5.82 Å². The van der Waals surface area contributed by atoms with Crippen LogP contribution in [0.15, 0.2) is 42.9 Å². The Hall–Kier alpha value is -2.63. The highest BCUT2D eigenvalue weighted by Gasteiger charge is 2.08. The number of benzene rings is 1. The molecular formula is C15H18N4O2. The first kappa shape index (κ1) is 14.8. The first-order chi connectivity index (χ1) is 10.2. The highest BCUT2D eigenvalue weighted by Crippen LogP contribution is 2.19. The molecule has 1 aromatic heterocycles. The molecule has 110 valence electrons. The molecule has 0 saturated heterocycles. The lowest BCUT2D eigenvalue weighted by molar-refractivity contribution is -0.130. The van der Waals surface area contributed by atoms with E-state index < -0.39 is 0 Å². The van der Waals surface area contributed by atoms with E-state index >= 15 is 0 Å². The van der Waals surface area contributed by atoms with Gasteiger partial charge in [-0.05, 0) is 6.07 Å². The third-order valence-corrected chi connectivity index (χ3v) is 2.85. The Morgan fingerprint density at radius 3 is 2.81 bits per heavy atom. The summed E-state index contributed by atoms with van der Waals surface area (Å²) in [7, 11) is 3.40. The maximum absolute atomic E-state index is 11.6. The van der Waals surface area contributed by atoms with Crippen molar-refractivity contribution >= 4 is 11.7 Å². The summed E-state index contributed by atoms with van der Waals surface area (Å²) in [5, 5.41) is 3.16. The van der Waals surface area contributed by atoms with E-state index in [-0.39, 0.29) is 12.5 Å². The average Bonchev–Trinajstić information content (AvgIpc) is 2.52. The number of para-hydroxylation sites is 1. The van der Waals surface area contributed by atoms with Crippen LogP contribution in [0.2, 0.25) is 0 Å². The number of hydrogen-bond donors (Lipinski definition) is 1. The zero-order chi connectivity index (χ0) is 15.1. The monoisotopic (exact) mass is 286 g/mol. The van der Waals surface area contributed by atoms with Crippen LogP contribution in [0, 0.1) is 0 Å². The van der Waals surface area contributed by atoms with Gasteiger partial charge < -0.3 is 15.0 Å². The summed E-state index contributed by atoms with van der Waals surface area (Å²) in [5.41, 5.74) is 0.953. The molecule has 1 amide bonds. The Morgan fingerprint density at radius 1 is 1.29 bits per heavy atom. The molecule has 0 spiro atoms. The molecule has 0 aliphatic heterocycles. The summed E-state index contributed by atoms with van der Waals surface area (Å²) in [5.74, 6) is 1.30. The molecule has 21 heavy (non-hydrogen) atoms. The summed E-state index contributed by atoms with van der Waals surface area (Å²) in [6.45, 7) is 0.570. The Labute approximate surface area is 123 Å². The Bertz CT molecular complexity index is 587. The van der Waals surface area contributed by atoms with Gasteiger partial charge in [-0.2, -0.15) is 0 Å². The van der Waals surface area contributed by atoms with Crippen molar-refractivity contribution in [3.8, 4) is 5.75 Å². The number of nitrogens with one attached hydrogen (secondary N) is 1. The number of anilines is 1.